The number of anilines is 1. The van der Waals surface area contributed by atoms with Crippen LogP contribution in [0.2, 0.25) is 0 Å². The van der Waals surface area contributed by atoms with Gasteiger partial charge in [0.05, 0.1) is 6.61 Å². The lowest BCUT2D eigenvalue weighted by Crippen LogP contribution is -2.44. The summed E-state index contributed by atoms with van der Waals surface area (Å²) < 4.78 is 5.18. The minimum atomic E-state index is -0.135. The molecule has 0 aromatic heterocycles. The van der Waals surface area contributed by atoms with E-state index in [1.807, 2.05) is 31.2 Å². The Morgan fingerprint density at radius 1 is 1.27 bits per heavy atom. The van der Waals surface area contributed by atoms with Gasteiger partial charge in [-0.1, -0.05) is 18.6 Å². The van der Waals surface area contributed by atoms with E-state index < -0.39 is 0 Å². The van der Waals surface area contributed by atoms with E-state index in [-0.39, 0.29) is 17.9 Å². The fourth-order valence-electron chi connectivity index (χ4n) is 2.82. The van der Waals surface area contributed by atoms with Crippen molar-refractivity contribution in [2.75, 3.05) is 18.5 Å². The molecular formula is C17H24N2O3. The average Bonchev–Trinajstić information content (AvgIpc) is 2.49. The number of benzene rings is 1. The molecule has 5 heteroatoms. The Balaban J connectivity index is 2.00. The summed E-state index contributed by atoms with van der Waals surface area (Å²) in [5, 5.41) is 2.75. The first-order valence-corrected chi connectivity index (χ1v) is 7.87. The molecule has 1 unspecified atom stereocenters. The Hall–Kier alpha value is -1.88. The molecule has 0 bridgehead atoms. The van der Waals surface area contributed by atoms with Crippen LogP contribution in [0.15, 0.2) is 24.3 Å². The van der Waals surface area contributed by atoms with Crippen LogP contribution in [-0.2, 0) is 20.9 Å². The van der Waals surface area contributed by atoms with Crippen molar-refractivity contribution in [3.8, 4) is 0 Å². The zero-order chi connectivity index (χ0) is 15.9. The van der Waals surface area contributed by atoms with Crippen molar-refractivity contribution < 1.29 is 14.3 Å². The van der Waals surface area contributed by atoms with Crippen LogP contribution in [0.4, 0.5) is 5.69 Å². The predicted molar refractivity (Wildman–Crippen MR) is 85.4 cm³/mol. The highest BCUT2D eigenvalue weighted by atomic mass is 16.5. The topological polar surface area (TPSA) is 58.6 Å². The number of esters is 1. The minimum Gasteiger partial charge on any atom is -0.465 e. The van der Waals surface area contributed by atoms with Gasteiger partial charge in [-0.25, -0.2) is 0 Å². The van der Waals surface area contributed by atoms with E-state index >= 15 is 0 Å². The molecular weight excluding hydrogens is 280 g/mol. The molecule has 1 amide bonds. The first-order valence-electron chi connectivity index (χ1n) is 7.87. The molecule has 22 heavy (non-hydrogen) atoms. The number of carbonyl (C=O) groups excluding carboxylic acids is 2. The lowest BCUT2D eigenvalue weighted by molar-refractivity contribution is -0.151. The third-order valence-corrected chi connectivity index (χ3v) is 3.83. The molecule has 5 nitrogen and oxygen atoms in total. The summed E-state index contributed by atoms with van der Waals surface area (Å²) in [5.74, 6) is -0.191. The highest BCUT2D eigenvalue weighted by Crippen LogP contribution is 2.21. The molecule has 1 aliphatic heterocycles. The largest absolute Gasteiger partial charge is 0.465 e. The summed E-state index contributed by atoms with van der Waals surface area (Å²) in [6, 6.07) is 7.62. The van der Waals surface area contributed by atoms with Gasteiger partial charge in [0.25, 0.3) is 0 Å². The Labute approximate surface area is 131 Å². The van der Waals surface area contributed by atoms with Crippen LogP contribution < -0.4 is 5.32 Å². The summed E-state index contributed by atoms with van der Waals surface area (Å²) in [6.07, 6.45) is 3.05. The van der Waals surface area contributed by atoms with E-state index in [4.69, 9.17) is 4.74 Å². The van der Waals surface area contributed by atoms with E-state index in [0.717, 1.165) is 43.6 Å². The van der Waals surface area contributed by atoms with Crippen molar-refractivity contribution in [3.05, 3.63) is 29.8 Å². The highest BCUT2D eigenvalue weighted by Gasteiger charge is 2.29. The van der Waals surface area contributed by atoms with E-state index in [2.05, 4.69) is 10.2 Å². The second kappa shape index (κ2) is 7.94. The van der Waals surface area contributed by atoms with Crippen molar-refractivity contribution in [3.63, 3.8) is 0 Å². The summed E-state index contributed by atoms with van der Waals surface area (Å²) >= 11 is 0. The van der Waals surface area contributed by atoms with Crippen molar-refractivity contribution in [2.45, 2.75) is 45.7 Å². The molecule has 1 heterocycles. The van der Waals surface area contributed by atoms with Crippen LogP contribution in [0.1, 0.15) is 38.7 Å². The number of amides is 1. The van der Waals surface area contributed by atoms with Crippen molar-refractivity contribution >= 4 is 17.6 Å². The second-order valence-electron chi connectivity index (χ2n) is 5.61. The lowest BCUT2D eigenvalue weighted by atomic mass is 10.0. The number of nitrogens with zero attached hydrogens (tertiary/aromatic N) is 1. The standard InChI is InChI=1S/C17H24N2O3/c1-3-22-17(21)16-6-4-5-11-19(16)12-14-7-9-15(10-8-14)18-13(2)20/h7-10,16H,3-6,11-12H2,1-2H3,(H,18,20). The number of hydrogen-bond donors (Lipinski definition) is 1. The number of nitrogens with one attached hydrogen (secondary N) is 1. The summed E-state index contributed by atoms with van der Waals surface area (Å²) in [4.78, 5) is 25.3. The van der Waals surface area contributed by atoms with E-state index in [0.29, 0.717) is 6.61 Å². The van der Waals surface area contributed by atoms with Crippen LogP contribution in [0.25, 0.3) is 0 Å². The Morgan fingerprint density at radius 2 is 2.00 bits per heavy atom. The van der Waals surface area contributed by atoms with E-state index in [1.54, 1.807) is 0 Å². The maximum absolute atomic E-state index is 12.1. The number of hydrogen-bond acceptors (Lipinski definition) is 4. The van der Waals surface area contributed by atoms with E-state index in [9.17, 15) is 9.59 Å². The molecule has 1 fully saturated rings. The van der Waals surface area contributed by atoms with Gasteiger partial charge in [0.2, 0.25) is 5.91 Å². The third kappa shape index (κ3) is 4.56. The van der Waals surface area contributed by atoms with Gasteiger partial charge in [-0.3, -0.25) is 14.5 Å². The van der Waals surface area contributed by atoms with Crippen LogP contribution in [0, 0.1) is 0 Å². The van der Waals surface area contributed by atoms with Gasteiger partial charge in [-0.2, -0.15) is 0 Å². The zero-order valence-electron chi connectivity index (χ0n) is 13.3. The summed E-state index contributed by atoms with van der Waals surface area (Å²) in [7, 11) is 0. The number of ether oxygens (including phenoxy) is 1. The number of likely N-dealkylation sites (tertiary alicyclic amines) is 1. The van der Waals surface area contributed by atoms with Gasteiger partial charge in [0.1, 0.15) is 6.04 Å². The molecule has 1 aliphatic rings. The van der Waals surface area contributed by atoms with Gasteiger partial charge < -0.3 is 10.1 Å². The number of rotatable bonds is 5. The lowest BCUT2D eigenvalue weighted by Gasteiger charge is -2.34. The van der Waals surface area contributed by atoms with Crippen LogP contribution in [-0.4, -0.2) is 36.0 Å². The van der Waals surface area contributed by atoms with Crippen LogP contribution >= 0.6 is 0 Å². The van der Waals surface area contributed by atoms with E-state index in [1.165, 1.54) is 6.92 Å². The Bertz CT molecular complexity index is 513. The highest BCUT2D eigenvalue weighted by molar-refractivity contribution is 5.88. The molecule has 1 aromatic rings. The van der Waals surface area contributed by atoms with Gasteiger partial charge in [-0.15, -0.1) is 0 Å². The summed E-state index contributed by atoms with van der Waals surface area (Å²) in [6.45, 7) is 5.40. The van der Waals surface area contributed by atoms with Crippen molar-refractivity contribution in [1.82, 2.24) is 4.90 Å². The molecule has 0 saturated carbocycles. The number of carbonyl (C=O) groups is 2. The maximum atomic E-state index is 12.1. The normalized spacial score (nSPS) is 18.7. The van der Waals surface area contributed by atoms with Gasteiger partial charge in [0.15, 0.2) is 0 Å². The van der Waals surface area contributed by atoms with Crippen LogP contribution in [0.5, 0.6) is 0 Å². The second-order valence-corrected chi connectivity index (χ2v) is 5.61. The average molecular weight is 304 g/mol. The molecule has 0 spiro atoms. The Morgan fingerprint density at radius 3 is 2.64 bits per heavy atom. The molecule has 1 saturated heterocycles. The maximum Gasteiger partial charge on any atom is 0.323 e. The SMILES string of the molecule is CCOC(=O)C1CCCCN1Cc1ccc(NC(C)=O)cc1. The minimum absolute atomic E-state index is 0.0776. The van der Waals surface area contributed by atoms with Gasteiger partial charge >= 0.3 is 5.97 Å². The van der Waals surface area contributed by atoms with Crippen molar-refractivity contribution in [1.29, 1.82) is 0 Å². The molecule has 1 aromatic carbocycles. The Kier molecular flexibility index (Phi) is 5.95. The smallest absolute Gasteiger partial charge is 0.323 e. The first kappa shape index (κ1) is 16.5. The van der Waals surface area contributed by atoms with Gasteiger partial charge in [0, 0.05) is 19.2 Å². The fraction of sp³-hybridized carbons (Fsp3) is 0.529. The first-order chi connectivity index (χ1) is 10.6. The van der Waals surface area contributed by atoms with Crippen LogP contribution in [0.3, 0.4) is 0 Å². The predicted octanol–water partition coefficient (Wildman–Crippen LogP) is 2.56. The molecule has 1 atom stereocenters. The zero-order valence-corrected chi connectivity index (χ0v) is 13.3. The fourth-order valence-corrected chi connectivity index (χ4v) is 2.82. The third-order valence-electron chi connectivity index (χ3n) is 3.83. The van der Waals surface area contributed by atoms with Gasteiger partial charge in [-0.05, 0) is 44.0 Å². The molecule has 0 aliphatic carbocycles. The monoisotopic (exact) mass is 304 g/mol. The quantitative estimate of drug-likeness (QED) is 0.849. The molecule has 120 valence electrons. The molecule has 0 radical (unpaired) electrons. The molecule has 2 rings (SSSR count). The van der Waals surface area contributed by atoms with Crippen molar-refractivity contribution in [2.24, 2.45) is 0 Å². The molecule has 1 N–H and O–H groups in total. The number of piperidine rings is 1. The summed E-state index contributed by atoms with van der Waals surface area (Å²) in [5.41, 5.74) is 1.92.